The van der Waals surface area contributed by atoms with Crippen LogP contribution in [0.4, 0.5) is 10.1 Å². The number of benzene rings is 2. The van der Waals surface area contributed by atoms with Crippen molar-refractivity contribution in [1.29, 1.82) is 0 Å². The Bertz CT molecular complexity index is 730. The van der Waals surface area contributed by atoms with Crippen LogP contribution in [0, 0.1) is 5.82 Å². The number of hydrogen-bond donors (Lipinski definition) is 0. The Morgan fingerprint density at radius 2 is 1.84 bits per heavy atom. The fraction of sp³-hybridized carbons (Fsp3) is 0.350. The van der Waals surface area contributed by atoms with Gasteiger partial charge in [-0.05, 0) is 55.2 Å². The first-order valence-electron chi connectivity index (χ1n) is 8.62. The zero-order chi connectivity index (χ0) is 17.6. The normalized spacial score (nSPS) is 13.3. The quantitative estimate of drug-likeness (QED) is 0.796. The van der Waals surface area contributed by atoms with E-state index in [1.807, 2.05) is 25.1 Å². The molecule has 2 aromatic rings. The van der Waals surface area contributed by atoms with E-state index >= 15 is 0 Å². The highest BCUT2D eigenvalue weighted by Gasteiger charge is 2.25. The van der Waals surface area contributed by atoms with Crippen LogP contribution in [-0.4, -0.2) is 25.7 Å². The molecule has 1 aliphatic heterocycles. The minimum absolute atomic E-state index is 0.122. The molecule has 0 aliphatic carbocycles. The molecule has 0 radical (unpaired) electrons. The van der Waals surface area contributed by atoms with E-state index in [4.69, 9.17) is 9.47 Å². The molecule has 0 saturated heterocycles. The number of anilines is 1. The summed E-state index contributed by atoms with van der Waals surface area (Å²) in [6, 6.07) is 12.1. The van der Waals surface area contributed by atoms with Crippen molar-refractivity contribution < 1.29 is 18.7 Å². The summed E-state index contributed by atoms with van der Waals surface area (Å²) < 4.78 is 25.2. The summed E-state index contributed by atoms with van der Waals surface area (Å²) in [5.41, 5.74) is 1.27. The van der Waals surface area contributed by atoms with Crippen LogP contribution in [0.1, 0.15) is 25.3 Å². The number of carbonyl (C=O) groups is 1. The Labute approximate surface area is 147 Å². The molecule has 1 heterocycles. The molecule has 0 bridgehead atoms. The summed E-state index contributed by atoms with van der Waals surface area (Å²) >= 11 is 0. The maximum Gasteiger partial charge on any atom is 0.265 e. The minimum atomic E-state index is -0.358. The smallest absolute Gasteiger partial charge is 0.265 e. The fourth-order valence-corrected chi connectivity index (χ4v) is 2.93. The summed E-state index contributed by atoms with van der Waals surface area (Å²) in [5, 5.41) is 0. The Balaban J connectivity index is 1.62. The van der Waals surface area contributed by atoms with Gasteiger partial charge in [0.25, 0.3) is 5.91 Å². The fourth-order valence-electron chi connectivity index (χ4n) is 2.93. The van der Waals surface area contributed by atoms with E-state index in [9.17, 15) is 9.18 Å². The molecule has 1 aliphatic rings. The first-order valence-corrected chi connectivity index (χ1v) is 8.62. The van der Waals surface area contributed by atoms with E-state index in [-0.39, 0.29) is 18.3 Å². The van der Waals surface area contributed by atoms with E-state index in [0.717, 1.165) is 30.6 Å². The number of rotatable bonds is 6. The van der Waals surface area contributed by atoms with Gasteiger partial charge >= 0.3 is 0 Å². The van der Waals surface area contributed by atoms with Crippen LogP contribution in [0.5, 0.6) is 11.5 Å². The molecule has 0 unspecified atom stereocenters. The van der Waals surface area contributed by atoms with Crippen molar-refractivity contribution in [3.8, 4) is 11.5 Å². The van der Waals surface area contributed by atoms with E-state index in [2.05, 4.69) is 0 Å². The molecule has 2 aromatic carbocycles. The number of halogens is 1. The molecule has 5 heteroatoms. The van der Waals surface area contributed by atoms with Crippen molar-refractivity contribution in [2.24, 2.45) is 0 Å². The lowest BCUT2D eigenvalue weighted by atomic mass is 10.0. The van der Waals surface area contributed by atoms with Gasteiger partial charge < -0.3 is 14.4 Å². The summed E-state index contributed by atoms with van der Waals surface area (Å²) in [5.74, 6) is 0.760. The maximum absolute atomic E-state index is 14.1. The van der Waals surface area contributed by atoms with E-state index in [1.54, 1.807) is 18.2 Å². The first kappa shape index (κ1) is 17.3. The van der Waals surface area contributed by atoms with Crippen molar-refractivity contribution >= 4 is 11.6 Å². The molecule has 0 saturated carbocycles. The third-order valence-corrected chi connectivity index (χ3v) is 4.13. The van der Waals surface area contributed by atoms with Crippen LogP contribution in [0.2, 0.25) is 0 Å². The Hall–Kier alpha value is -2.56. The summed E-state index contributed by atoms with van der Waals surface area (Å²) in [7, 11) is 0. The Morgan fingerprint density at radius 3 is 2.56 bits per heavy atom. The number of aryl methyl sites for hydroxylation is 1. The Kier molecular flexibility index (Phi) is 5.53. The van der Waals surface area contributed by atoms with E-state index < -0.39 is 0 Å². The standard InChI is InChI=1S/C20H22FNO3/c1-2-13-24-16-8-10-17(11-9-16)25-14-19(23)22-12-4-6-15-5-3-7-18(21)20(15)22/h3,5,7-11H,2,4,6,12-14H2,1H3. The van der Waals surface area contributed by atoms with E-state index in [1.165, 1.54) is 11.0 Å². The molecule has 1 amide bonds. The zero-order valence-corrected chi connectivity index (χ0v) is 14.3. The second-order valence-electron chi connectivity index (χ2n) is 6.01. The summed E-state index contributed by atoms with van der Waals surface area (Å²) in [6.07, 6.45) is 2.56. The summed E-state index contributed by atoms with van der Waals surface area (Å²) in [4.78, 5) is 14.0. The van der Waals surface area contributed by atoms with Gasteiger partial charge in [-0.2, -0.15) is 0 Å². The molecule has 0 spiro atoms. The predicted octanol–water partition coefficient (Wildman–Crippen LogP) is 3.97. The number of ether oxygens (including phenoxy) is 2. The highest BCUT2D eigenvalue weighted by molar-refractivity contribution is 5.95. The first-order chi connectivity index (χ1) is 12.2. The average molecular weight is 343 g/mol. The van der Waals surface area contributed by atoms with Gasteiger partial charge in [-0.15, -0.1) is 0 Å². The lowest BCUT2D eigenvalue weighted by Gasteiger charge is -2.29. The minimum Gasteiger partial charge on any atom is -0.494 e. The SMILES string of the molecule is CCCOc1ccc(OCC(=O)N2CCCc3cccc(F)c32)cc1. The largest absolute Gasteiger partial charge is 0.494 e. The van der Waals surface area contributed by atoms with Crippen molar-refractivity contribution in [2.45, 2.75) is 26.2 Å². The summed E-state index contributed by atoms with van der Waals surface area (Å²) in [6.45, 7) is 3.10. The van der Waals surface area contributed by atoms with Crippen molar-refractivity contribution in [2.75, 3.05) is 24.7 Å². The molecular formula is C20H22FNO3. The molecule has 132 valence electrons. The van der Waals surface area contributed by atoms with Crippen LogP contribution in [0.15, 0.2) is 42.5 Å². The lowest BCUT2D eigenvalue weighted by Crippen LogP contribution is -2.39. The van der Waals surface area contributed by atoms with Crippen molar-refractivity contribution in [1.82, 2.24) is 0 Å². The molecule has 25 heavy (non-hydrogen) atoms. The maximum atomic E-state index is 14.1. The third kappa shape index (κ3) is 4.10. The second-order valence-corrected chi connectivity index (χ2v) is 6.01. The van der Waals surface area contributed by atoms with Crippen LogP contribution in [-0.2, 0) is 11.2 Å². The van der Waals surface area contributed by atoms with Gasteiger partial charge in [0.1, 0.15) is 17.3 Å². The molecule has 3 rings (SSSR count). The third-order valence-electron chi connectivity index (χ3n) is 4.13. The topological polar surface area (TPSA) is 38.8 Å². The molecule has 0 aromatic heterocycles. The number of amides is 1. The van der Waals surface area contributed by atoms with Gasteiger partial charge in [-0.1, -0.05) is 19.1 Å². The van der Waals surface area contributed by atoms with Crippen LogP contribution in [0.3, 0.4) is 0 Å². The van der Waals surface area contributed by atoms with Crippen LogP contribution < -0.4 is 14.4 Å². The van der Waals surface area contributed by atoms with Crippen LogP contribution >= 0.6 is 0 Å². The number of carbonyl (C=O) groups excluding carboxylic acids is 1. The highest BCUT2D eigenvalue weighted by atomic mass is 19.1. The van der Waals surface area contributed by atoms with Crippen molar-refractivity contribution in [3.05, 3.63) is 53.8 Å². The number of nitrogens with zero attached hydrogens (tertiary/aromatic N) is 1. The number of fused-ring (bicyclic) bond motifs is 1. The predicted molar refractivity (Wildman–Crippen MR) is 94.8 cm³/mol. The average Bonchev–Trinajstić information content (AvgIpc) is 2.65. The lowest BCUT2D eigenvalue weighted by molar-refractivity contribution is -0.120. The van der Waals surface area contributed by atoms with Gasteiger partial charge in [-0.3, -0.25) is 4.79 Å². The molecule has 0 fully saturated rings. The second kappa shape index (κ2) is 8.01. The van der Waals surface area contributed by atoms with Gasteiger partial charge in [0.05, 0.1) is 12.3 Å². The molecular weight excluding hydrogens is 321 g/mol. The zero-order valence-electron chi connectivity index (χ0n) is 14.3. The van der Waals surface area contributed by atoms with Crippen molar-refractivity contribution in [3.63, 3.8) is 0 Å². The van der Waals surface area contributed by atoms with Gasteiger partial charge in [0.2, 0.25) is 0 Å². The molecule has 0 atom stereocenters. The number of para-hydroxylation sites is 1. The van der Waals surface area contributed by atoms with Gasteiger partial charge in [-0.25, -0.2) is 4.39 Å². The molecule has 4 nitrogen and oxygen atoms in total. The monoisotopic (exact) mass is 343 g/mol. The van der Waals surface area contributed by atoms with Gasteiger partial charge in [0, 0.05) is 6.54 Å². The molecule has 0 N–H and O–H groups in total. The highest BCUT2D eigenvalue weighted by Crippen LogP contribution is 2.30. The van der Waals surface area contributed by atoms with Gasteiger partial charge in [0.15, 0.2) is 6.61 Å². The van der Waals surface area contributed by atoms with E-state index in [0.29, 0.717) is 24.6 Å². The number of hydrogen-bond acceptors (Lipinski definition) is 3. The van der Waals surface area contributed by atoms with Crippen LogP contribution in [0.25, 0.3) is 0 Å². The Morgan fingerprint density at radius 1 is 1.12 bits per heavy atom.